The Morgan fingerprint density at radius 2 is 2.12 bits per heavy atom. The Balaban J connectivity index is 2.27. The number of hydrogen-bond donors (Lipinski definition) is 1. The van der Waals surface area contributed by atoms with Crippen molar-refractivity contribution in [3.63, 3.8) is 0 Å². The highest BCUT2D eigenvalue weighted by molar-refractivity contribution is 7.84. The molecule has 0 spiro atoms. The van der Waals surface area contributed by atoms with E-state index in [9.17, 15) is 9.32 Å². The van der Waals surface area contributed by atoms with Crippen molar-refractivity contribution in [3.05, 3.63) is 48.6 Å². The van der Waals surface area contributed by atoms with Crippen LogP contribution < -0.4 is 0 Å². The molecular weight excluding hydrogens is 236 g/mol. The van der Waals surface area contributed by atoms with Crippen molar-refractivity contribution >= 4 is 10.8 Å². The predicted octanol–water partition coefficient (Wildman–Crippen LogP) is 1.50. The fraction of sp³-hybridized carbons (Fsp3) is 0.385. The molecule has 0 saturated carbocycles. The van der Waals surface area contributed by atoms with Gasteiger partial charge >= 0.3 is 0 Å². The molecular formula is C13H18O3S. The summed E-state index contributed by atoms with van der Waals surface area (Å²) in [5.74, 6) is 0.714. The van der Waals surface area contributed by atoms with Gasteiger partial charge in [0.05, 0.1) is 25.1 Å². The summed E-state index contributed by atoms with van der Waals surface area (Å²) in [7, 11) is -1.06. The number of rotatable bonds is 8. The van der Waals surface area contributed by atoms with Gasteiger partial charge in [-0.1, -0.05) is 36.4 Å². The smallest absolute Gasteiger partial charge is 0.0888 e. The fourth-order valence-electron chi connectivity index (χ4n) is 1.37. The maximum Gasteiger partial charge on any atom is 0.0888 e. The topological polar surface area (TPSA) is 46.5 Å². The molecule has 0 amide bonds. The highest BCUT2D eigenvalue weighted by atomic mass is 32.2. The van der Waals surface area contributed by atoms with Crippen LogP contribution in [-0.4, -0.2) is 34.4 Å². The van der Waals surface area contributed by atoms with Crippen molar-refractivity contribution in [1.29, 1.82) is 0 Å². The summed E-state index contributed by atoms with van der Waals surface area (Å²) in [6.07, 6.45) is 0.938. The van der Waals surface area contributed by atoms with Gasteiger partial charge in [0.2, 0.25) is 0 Å². The maximum atomic E-state index is 11.7. The minimum absolute atomic E-state index is 0.201. The van der Waals surface area contributed by atoms with E-state index >= 15 is 0 Å². The van der Waals surface area contributed by atoms with Crippen LogP contribution in [0.4, 0.5) is 0 Å². The van der Waals surface area contributed by atoms with Crippen LogP contribution in [0, 0.1) is 0 Å². The number of aliphatic hydroxyl groups excluding tert-OH is 1. The quantitative estimate of drug-likeness (QED) is 0.565. The van der Waals surface area contributed by atoms with Crippen LogP contribution in [0.25, 0.3) is 0 Å². The van der Waals surface area contributed by atoms with Crippen LogP contribution in [0.5, 0.6) is 0 Å². The van der Waals surface area contributed by atoms with Crippen molar-refractivity contribution in [2.75, 3.05) is 19.0 Å². The van der Waals surface area contributed by atoms with Crippen LogP contribution in [0.1, 0.15) is 5.56 Å². The van der Waals surface area contributed by atoms with Gasteiger partial charge in [-0.3, -0.25) is 4.21 Å². The lowest BCUT2D eigenvalue weighted by Crippen LogP contribution is -2.23. The number of aliphatic hydroxyl groups is 1. The van der Waals surface area contributed by atoms with Gasteiger partial charge in [0, 0.05) is 16.6 Å². The third-order valence-electron chi connectivity index (χ3n) is 2.09. The number of hydrogen-bond acceptors (Lipinski definition) is 3. The minimum atomic E-state index is -1.06. The van der Waals surface area contributed by atoms with Gasteiger partial charge in [0.1, 0.15) is 0 Å². The van der Waals surface area contributed by atoms with Gasteiger partial charge in [0.25, 0.3) is 0 Å². The summed E-state index contributed by atoms with van der Waals surface area (Å²) in [6, 6.07) is 9.60. The number of ether oxygens (including phenoxy) is 1. The molecule has 1 aromatic rings. The van der Waals surface area contributed by atoms with Gasteiger partial charge in [-0.05, 0) is 5.56 Å². The lowest BCUT2D eigenvalue weighted by atomic mass is 10.2. The molecule has 1 N–H and O–H groups in total. The van der Waals surface area contributed by atoms with Crippen LogP contribution in [-0.2, 0) is 21.3 Å². The molecule has 0 bridgehead atoms. The molecule has 1 rings (SSSR count). The zero-order valence-corrected chi connectivity index (χ0v) is 10.6. The monoisotopic (exact) mass is 254 g/mol. The Morgan fingerprint density at radius 3 is 2.76 bits per heavy atom. The second-order valence-electron chi connectivity index (χ2n) is 3.72. The van der Waals surface area contributed by atoms with E-state index in [2.05, 4.69) is 6.58 Å². The molecule has 17 heavy (non-hydrogen) atoms. The van der Waals surface area contributed by atoms with E-state index in [1.807, 2.05) is 30.3 Å². The van der Waals surface area contributed by atoms with Crippen molar-refractivity contribution in [3.8, 4) is 0 Å². The molecule has 0 aliphatic heterocycles. The third kappa shape index (κ3) is 6.36. The summed E-state index contributed by atoms with van der Waals surface area (Å²) in [6.45, 7) is 4.11. The second kappa shape index (κ2) is 8.17. The molecule has 0 aliphatic rings. The molecule has 2 atom stereocenters. The highest BCUT2D eigenvalue weighted by Gasteiger charge is 2.09. The highest BCUT2D eigenvalue weighted by Crippen LogP contribution is 2.04. The molecule has 0 heterocycles. The molecule has 1 aromatic carbocycles. The first-order chi connectivity index (χ1) is 8.22. The van der Waals surface area contributed by atoms with Crippen LogP contribution in [0.15, 0.2) is 43.0 Å². The standard InChI is InChI=1S/C13H18O3S/c1-2-8-16-9-13(14)11-17(15)10-12-6-4-3-5-7-12/h2-7,13-14H,1,8-11H2. The molecule has 0 aliphatic carbocycles. The zero-order valence-electron chi connectivity index (χ0n) is 9.75. The van der Waals surface area contributed by atoms with Crippen molar-refractivity contribution in [2.45, 2.75) is 11.9 Å². The second-order valence-corrected chi connectivity index (χ2v) is 5.22. The van der Waals surface area contributed by atoms with E-state index in [0.29, 0.717) is 12.4 Å². The van der Waals surface area contributed by atoms with E-state index in [-0.39, 0.29) is 12.4 Å². The van der Waals surface area contributed by atoms with Gasteiger partial charge in [-0.15, -0.1) is 6.58 Å². The summed E-state index contributed by atoms with van der Waals surface area (Å²) in [5, 5.41) is 9.57. The lowest BCUT2D eigenvalue weighted by Gasteiger charge is -2.10. The largest absolute Gasteiger partial charge is 0.390 e. The summed E-state index contributed by atoms with van der Waals surface area (Å²) < 4.78 is 16.8. The first-order valence-corrected chi connectivity index (χ1v) is 6.96. The molecule has 0 fully saturated rings. The molecule has 0 aromatic heterocycles. The average Bonchev–Trinajstić information content (AvgIpc) is 2.30. The van der Waals surface area contributed by atoms with Crippen molar-refractivity contribution in [2.24, 2.45) is 0 Å². The molecule has 4 heteroatoms. The van der Waals surface area contributed by atoms with Gasteiger partial charge in [-0.2, -0.15) is 0 Å². The lowest BCUT2D eigenvalue weighted by molar-refractivity contribution is 0.0620. The Kier molecular flexibility index (Phi) is 6.77. The Bertz CT molecular complexity index is 351. The first-order valence-electron chi connectivity index (χ1n) is 5.48. The molecule has 94 valence electrons. The van der Waals surface area contributed by atoms with E-state index in [4.69, 9.17) is 4.74 Å². The summed E-state index contributed by atoms with van der Waals surface area (Å²) in [5.41, 5.74) is 1.02. The van der Waals surface area contributed by atoms with Crippen LogP contribution in [0.2, 0.25) is 0 Å². The van der Waals surface area contributed by atoms with E-state index in [1.54, 1.807) is 6.08 Å². The summed E-state index contributed by atoms with van der Waals surface area (Å²) >= 11 is 0. The number of benzene rings is 1. The van der Waals surface area contributed by atoms with Gasteiger partial charge in [-0.25, -0.2) is 0 Å². The molecule has 2 unspecified atom stereocenters. The SMILES string of the molecule is C=CCOCC(O)CS(=O)Cc1ccccc1. The van der Waals surface area contributed by atoms with E-state index in [1.165, 1.54) is 0 Å². The van der Waals surface area contributed by atoms with Crippen LogP contribution >= 0.6 is 0 Å². The third-order valence-corrected chi connectivity index (χ3v) is 3.51. The van der Waals surface area contributed by atoms with Crippen molar-refractivity contribution < 1.29 is 14.1 Å². The van der Waals surface area contributed by atoms with E-state index < -0.39 is 16.9 Å². The Morgan fingerprint density at radius 1 is 1.41 bits per heavy atom. The normalized spacial score (nSPS) is 14.2. The minimum Gasteiger partial charge on any atom is -0.390 e. The van der Waals surface area contributed by atoms with Crippen LogP contribution in [0.3, 0.4) is 0 Å². The molecule has 3 nitrogen and oxygen atoms in total. The Labute approximate surface area is 105 Å². The van der Waals surface area contributed by atoms with Crippen molar-refractivity contribution in [1.82, 2.24) is 0 Å². The average molecular weight is 254 g/mol. The molecule has 0 saturated heterocycles. The first kappa shape index (κ1) is 14.1. The molecule has 0 radical (unpaired) electrons. The predicted molar refractivity (Wildman–Crippen MR) is 70.2 cm³/mol. The summed E-state index contributed by atoms with van der Waals surface area (Å²) in [4.78, 5) is 0. The fourth-order valence-corrected chi connectivity index (χ4v) is 2.58. The van der Waals surface area contributed by atoms with Gasteiger partial charge in [0.15, 0.2) is 0 Å². The van der Waals surface area contributed by atoms with E-state index in [0.717, 1.165) is 5.56 Å². The zero-order chi connectivity index (χ0) is 12.5. The Hall–Kier alpha value is -0.970. The van der Waals surface area contributed by atoms with Gasteiger partial charge < -0.3 is 9.84 Å². The maximum absolute atomic E-state index is 11.7.